The van der Waals surface area contributed by atoms with Crippen LogP contribution in [0.25, 0.3) is 0 Å². The maximum atomic E-state index is 8.67. The Kier molecular flexibility index (Phi) is 6.77. The Morgan fingerprint density at radius 1 is 1.05 bits per heavy atom. The number of aliphatic hydroxyl groups is 1. The molecule has 96 valence electrons. The standard InChI is InChI=1S/C15H15N3O/c16-8-10-18(11-9-17)13-15-6-4-14(5-7-15)3-1-2-12-19/h4-7,19H,2,10-13H2. The fourth-order valence-corrected chi connectivity index (χ4v) is 1.54. The highest BCUT2D eigenvalue weighted by atomic mass is 16.2. The van der Waals surface area contributed by atoms with Crippen LogP contribution in [0.5, 0.6) is 0 Å². The molecule has 4 nitrogen and oxygen atoms in total. The zero-order valence-corrected chi connectivity index (χ0v) is 10.6. The van der Waals surface area contributed by atoms with E-state index in [-0.39, 0.29) is 19.7 Å². The topological polar surface area (TPSA) is 71.0 Å². The first kappa shape index (κ1) is 14.7. The zero-order valence-electron chi connectivity index (χ0n) is 10.6. The maximum absolute atomic E-state index is 8.67. The molecule has 0 heterocycles. The lowest BCUT2D eigenvalue weighted by Crippen LogP contribution is -2.23. The normalized spacial score (nSPS) is 9.26. The van der Waals surface area contributed by atoms with Gasteiger partial charge in [-0.15, -0.1) is 0 Å². The van der Waals surface area contributed by atoms with E-state index in [1.807, 2.05) is 36.4 Å². The molecular weight excluding hydrogens is 238 g/mol. The Hall–Kier alpha value is -2.32. The number of nitrogens with zero attached hydrogens (tertiary/aromatic N) is 3. The molecule has 0 aliphatic rings. The molecule has 0 radical (unpaired) electrons. The molecule has 1 aromatic rings. The molecule has 0 aromatic heterocycles. The van der Waals surface area contributed by atoms with Gasteiger partial charge in [-0.25, -0.2) is 0 Å². The van der Waals surface area contributed by atoms with Crippen LogP contribution in [0.1, 0.15) is 17.5 Å². The first-order valence-electron chi connectivity index (χ1n) is 5.95. The van der Waals surface area contributed by atoms with Crippen LogP contribution < -0.4 is 0 Å². The van der Waals surface area contributed by atoms with Crippen LogP contribution in [0.2, 0.25) is 0 Å². The van der Waals surface area contributed by atoms with Gasteiger partial charge in [-0.2, -0.15) is 10.5 Å². The second kappa shape index (κ2) is 8.72. The van der Waals surface area contributed by atoms with Crippen LogP contribution in [-0.2, 0) is 6.54 Å². The summed E-state index contributed by atoms with van der Waals surface area (Å²) in [6.07, 6.45) is 0.472. The smallest absolute Gasteiger partial charge is 0.0877 e. The fourth-order valence-electron chi connectivity index (χ4n) is 1.54. The van der Waals surface area contributed by atoms with Crippen molar-refractivity contribution in [2.75, 3.05) is 19.7 Å². The molecule has 4 heteroatoms. The summed E-state index contributed by atoms with van der Waals surface area (Å²) in [7, 11) is 0. The molecule has 0 aliphatic heterocycles. The molecule has 0 bridgehead atoms. The highest BCUT2D eigenvalue weighted by Crippen LogP contribution is 2.06. The second-order valence-electron chi connectivity index (χ2n) is 3.93. The minimum Gasteiger partial charge on any atom is -0.395 e. The van der Waals surface area contributed by atoms with E-state index in [1.165, 1.54) is 0 Å². The number of benzene rings is 1. The minimum absolute atomic E-state index is 0.0718. The van der Waals surface area contributed by atoms with Crippen molar-refractivity contribution in [3.05, 3.63) is 35.4 Å². The lowest BCUT2D eigenvalue weighted by Gasteiger charge is -2.14. The molecule has 0 amide bonds. The molecule has 1 N–H and O–H groups in total. The van der Waals surface area contributed by atoms with Gasteiger partial charge in [0.2, 0.25) is 0 Å². The lowest BCUT2D eigenvalue weighted by molar-refractivity contribution is 0.305. The molecule has 0 spiro atoms. The molecule has 0 atom stereocenters. The summed E-state index contributed by atoms with van der Waals surface area (Å²) >= 11 is 0. The Morgan fingerprint density at radius 2 is 1.68 bits per heavy atom. The molecule has 0 aliphatic carbocycles. The number of nitriles is 2. The van der Waals surface area contributed by atoms with Gasteiger partial charge < -0.3 is 5.11 Å². The van der Waals surface area contributed by atoms with E-state index in [0.717, 1.165) is 11.1 Å². The molecule has 0 saturated carbocycles. The fraction of sp³-hybridized carbons (Fsp3) is 0.333. The van der Waals surface area contributed by atoms with Crippen molar-refractivity contribution < 1.29 is 5.11 Å². The molecule has 0 unspecified atom stereocenters. The Bertz CT molecular complexity index is 510. The minimum atomic E-state index is 0.0718. The molecule has 0 saturated heterocycles. The van der Waals surface area contributed by atoms with Crippen LogP contribution in [0.4, 0.5) is 0 Å². The van der Waals surface area contributed by atoms with Crippen molar-refractivity contribution in [3.63, 3.8) is 0 Å². The summed E-state index contributed by atoms with van der Waals surface area (Å²) in [4.78, 5) is 1.77. The Balaban J connectivity index is 2.64. The molecular formula is C15H15N3O. The van der Waals surface area contributed by atoms with Gasteiger partial charge in [-0.3, -0.25) is 4.90 Å². The van der Waals surface area contributed by atoms with Gasteiger partial charge in [0.1, 0.15) is 0 Å². The van der Waals surface area contributed by atoms with Crippen LogP contribution in [0, 0.1) is 34.5 Å². The van der Waals surface area contributed by atoms with Gasteiger partial charge in [0, 0.05) is 18.5 Å². The summed E-state index contributed by atoms with van der Waals surface area (Å²) in [5, 5.41) is 26.0. The van der Waals surface area contributed by atoms with Crippen LogP contribution in [0.15, 0.2) is 24.3 Å². The van der Waals surface area contributed by atoms with E-state index >= 15 is 0 Å². The number of hydrogen-bond acceptors (Lipinski definition) is 4. The van der Waals surface area contributed by atoms with Gasteiger partial charge in [-0.05, 0) is 17.7 Å². The van der Waals surface area contributed by atoms with Crippen LogP contribution in [-0.4, -0.2) is 29.7 Å². The van der Waals surface area contributed by atoms with Crippen molar-refractivity contribution in [3.8, 4) is 24.0 Å². The summed E-state index contributed by atoms with van der Waals surface area (Å²) in [5.74, 6) is 5.80. The quantitative estimate of drug-likeness (QED) is 0.633. The predicted octanol–water partition coefficient (Wildman–Crippen LogP) is 1.27. The lowest BCUT2D eigenvalue weighted by atomic mass is 10.1. The van der Waals surface area contributed by atoms with Gasteiger partial charge >= 0.3 is 0 Å². The third kappa shape index (κ3) is 5.70. The van der Waals surface area contributed by atoms with Crippen molar-refractivity contribution in [2.45, 2.75) is 13.0 Å². The summed E-state index contributed by atoms with van der Waals surface area (Å²) in [5.41, 5.74) is 1.93. The largest absolute Gasteiger partial charge is 0.395 e. The van der Waals surface area contributed by atoms with E-state index in [9.17, 15) is 0 Å². The summed E-state index contributed by atoms with van der Waals surface area (Å²) < 4.78 is 0. The van der Waals surface area contributed by atoms with Crippen molar-refractivity contribution in [2.24, 2.45) is 0 Å². The zero-order chi connectivity index (χ0) is 13.9. The average molecular weight is 253 g/mol. The van der Waals surface area contributed by atoms with Crippen molar-refractivity contribution >= 4 is 0 Å². The number of hydrogen-bond donors (Lipinski definition) is 1. The number of rotatable bonds is 5. The van der Waals surface area contributed by atoms with Gasteiger partial charge in [0.05, 0.1) is 31.8 Å². The highest BCUT2D eigenvalue weighted by molar-refractivity contribution is 5.36. The Labute approximate surface area is 113 Å². The average Bonchev–Trinajstić information content (AvgIpc) is 2.42. The van der Waals surface area contributed by atoms with E-state index < -0.39 is 0 Å². The molecule has 19 heavy (non-hydrogen) atoms. The van der Waals surface area contributed by atoms with Crippen molar-refractivity contribution in [1.82, 2.24) is 4.90 Å². The van der Waals surface area contributed by atoms with E-state index in [1.54, 1.807) is 4.90 Å². The van der Waals surface area contributed by atoms with Gasteiger partial charge in [0.25, 0.3) is 0 Å². The van der Waals surface area contributed by atoms with E-state index in [0.29, 0.717) is 13.0 Å². The SMILES string of the molecule is N#CCN(CC#N)Cc1ccc(C#CCCO)cc1. The first-order chi connectivity index (χ1) is 9.30. The molecule has 1 rings (SSSR count). The van der Waals surface area contributed by atoms with E-state index in [2.05, 4.69) is 11.8 Å². The number of aliphatic hydroxyl groups excluding tert-OH is 1. The third-order valence-electron chi connectivity index (χ3n) is 2.42. The highest BCUT2D eigenvalue weighted by Gasteiger charge is 2.04. The predicted molar refractivity (Wildman–Crippen MR) is 71.5 cm³/mol. The van der Waals surface area contributed by atoms with Gasteiger partial charge in [0.15, 0.2) is 0 Å². The molecule has 1 aromatic carbocycles. The molecule has 0 fully saturated rings. The second-order valence-corrected chi connectivity index (χ2v) is 3.93. The third-order valence-corrected chi connectivity index (χ3v) is 2.42. The monoisotopic (exact) mass is 253 g/mol. The summed E-state index contributed by atoms with van der Waals surface area (Å²) in [6.45, 7) is 1.13. The maximum Gasteiger partial charge on any atom is 0.0877 e. The summed E-state index contributed by atoms with van der Waals surface area (Å²) in [6, 6.07) is 11.8. The van der Waals surface area contributed by atoms with Gasteiger partial charge in [-0.1, -0.05) is 24.0 Å². The first-order valence-corrected chi connectivity index (χ1v) is 5.95. The van der Waals surface area contributed by atoms with Crippen LogP contribution >= 0.6 is 0 Å². The van der Waals surface area contributed by atoms with Crippen LogP contribution in [0.3, 0.4) is 0 Å². The van der Waals surface area contributed by atoms with E-state index in [4.69, 9.17) is 15.6 Å². The van der Waals surface area contributed by atoms with Crippen molar-refractivity contribution in [1.29, 1.82) is 10.5 Å². The Morgan fingerprint density at radius 3 is 2.21 bits per heavy atom.